The fraction of sp³-hybridized carbons (Fsp3) is 0.368. The van der Waals surface area contributed by atoms with Crippen LogP contribution < -0.4 is 15.4 Å². The Morgan fingerprint density at radius 2 is 1.97 bits per heavy atom. The fourth-order valence-corrected chi connectivity index (χ4v) is 4.48. The lowest BCUT2D eigenvalue weighted by Gasteiger charge is -2.26. The number of hydrogen-bond acceptors (Lipinski definition) is 7. The van der Waals surface area contributed by atoms with Crippen LogP contribution in [0, 0.1) is 0 Å². The molecule has 0 bridgehead atoms. The number of sulfonamides is 1. The molecule has 2 heterocycles. The number of amides is 2. The van der Waals surface area contributed by atoms with Crippen LogP contribution in [0.5, 0.6) is 5.75 Å². The van der Waals surface area contributed by atoms with Crippen molar-refractivity contribution in [2.24, 2.45) is 0 Å². The summed E-state index contributed by atoms with van der Waals surface area (Å²) in [6.45, 7) is 1.23. The minimum atomic E-state index is -3.81. The van der Waals surface area contributed by atoms with Gasteiger partial charge in [0.25, 0.3) is 5.91 Å². The molecule has 30 heavy (non-hydrogen) atoms. The summed E-state index contributed by atoms with van der Waals surface area (Å²) < 4.78 is 42.7. The molecule has 1 aromatic carbocycles. The molecule has 0 saturated carbocycles. The Balaban J connectivity index is 1.64. The average Bonchev–Trinajstić information content (AvgIpc) is 3.29. The first-order valence-corrected chi connectivity index (χ1v) is 10.7. The molecule has 2 aromatic rings. The second-order valence-electron chi connectivity index (χ2n) is 6.41. The van der Waals surface area contributed by atoms with E-state index in [1.54, 1.807) is 12.1 Å². The molecule has 0 aliphatic carbocycles. The second-order valence-corrected chi connectivity index (χ2v) is 8.32. The van der Waals surface area contributed by atoms with Gasteiger partial charge in [0.05, 0.1) is 26.6 Å². The molecular weight excluding hydrogens is 414 g/mol. The maximum atomic E-state index is 13.0. The van der Waals surface area contributed by atoms with E-state index in [1.165, 1.54) is 35.9 Å². The Morgan fingerprint density at radius 3 is 2.63 bits per heavy atom. The summed E-state index contributed by atoms with van der Waals surface area (Å²) in [5.74, 6) is -0.459. The van der Waals surface area contributed by atoms with Gasteiger partial charge in [-0.3, -0.25) is 9.59 Å². The SMILES string of the molecule is COc1ccc(NC(=O)CCNC(=O)c2ccco2)cc1S(=O)(=O)N1CCOCC1. The highest BCUT2D eigenvalue weighted by Crippen LogP contribution is 2.30. The van der Waals surface area contributed by atoms with Crippen molar-refractivity contribution < 1.29 is 31.9 Å². The summed E-state index contributed by atoms with van der Waals surface area (Å²) in [6, 6.07) is 7.51. The van der Waals surface area contributed by atoms with Gasteiger partial charge in [-0.1, -0.05) is 0 Å². The van der Waals surface area contributed by atoms with Gasteiger partial charge in [-0.15, -0.1) is 0 Å². The minimum absolute atomic E-state index is 0.00399. The van der Waals surface area contributed by atoms with Gasteiger partial charge in [0, 0.05) is 31.7 Å². The molecule has 0 atom stereocenters. The highest BCUT2D eigenvalue weighted by molar-refractivity contribution is 7.89. The van der Waals surface area contributed by atoms with E-state index < -0.39 is 15.9 Å². The Hall–Kier alpha value is -2.89. The van der Waals surface area contributed by atoms with Gasteiger partial charge < -0.3 is 24.5 Å². The fourth-order valence-electron chi connectivity index (χ4n) is 2.89. The largest absolute Gasteiger partial charge is 0.495 e. The third-order valence-corrected chi connectivity index (χ3v) is 6.34. The highest BCUT2D eigenvalue weighted by atomic mass is 32.2. The maximum Gasteiger partial charge on any atom is 0.286 e. The van der Waals surface area contributed by atoms with E-state index in [0.717, 1.165) is 0 Å². The third-order valence-electron chi connectivity index (χ3n) is 4.42. The summed E-state index contributed by atoms with van der Waals surface area (Å²) in [6.07, 6.45) is 1.39. The molecule has 1 fully saturated rings. The van der Waals surface area contributed by atoms with Crippen molar-refractivity contribution in [1.29, 1.82) is 0 Å². The topological polar surface area (TPSA) is 127 Å². The van der Waals surface area contributed by atoms with Crippen LogP contribution in [-0.2, 0) is 19.6 Å². The number of carbonyl (C=O) groups excluding carboxylic acids is 2. The van der Waals surface area contributed by atoms with E-state index in [1.807, 2.05) is 0 Å². The van der Waals surface area contributed by atoms with Gasteiger partial charge in [0.15, 0.2) is 5.76 Å². The van der Waals surface area contributed by atoms with Gasteiger partial charge in [-0.25, -0.2) is 8.42 Å². The molecular formula is C19H23N3O7S. The number of rotatable bonds is 8. The number of nitrogens with one attached hydrogen (secondary N) is 2. The standard InChI is InChI=1S/C19H23N3O7S/c1-27-15-5-4-14(13-17(15)30(25,26)22-8-11-28-12-9-22)21-18(23)6-7-20-19(24)16-3-2-10-29-16/h2-5,10,13H,6-9,11-12H2,1H3,(H,20,24)(H,21,23). The quantitative estimate of drug-likeness (QED) is 0.632. The monoisotopic (exact) mass is 437 g/mol. The smallest absolute Gasteiger partial charge is 0.286 e. The van der Waals surface area contributed by atoms with E-state index in [-0.39, 0.29) is 48.4 Å². The number of benzene rings is 1. The molecule has 3 rings (SSSR count). The zero-order valence-corrected chi connectivity index (χ0v) is 17.2. The van der Waals surface area contributed by atoms with Crippen molar-refractivity contribution in [2.45, 2.75) is 11.3 Å². The van der Waals surface area contributed by atoms with E-state index in [4.69, 9.17) is 13.9 Å². The summed E-state index contributed by atoms with van der Waals surface area (Å²) >= 11 is 0. The Morgan fingerprint density at radius 1 is 1.20 bits per heavy atom. The molecule has 0 spiro atoms. The number of methoxy groups -OCH3 is 1. The van der Waals surface area contributed by atoms with Crippen LogP contribution >= 0.6 is 0 Å². The van der Waals surface area contributed by atoms with Crippen molar-refractivity contribution in [3.8, 4) is 5.75 Å². The number of morpholine rings is 1. The summed E-state index contributed by atoms with van der Waals surface area (Å²) in [5, 5.41) is 5.21. The molecule has 1 aliphatic rings. The van der Waals surface area contributed by atoms with Gasteiger partial charge in [0.2, 0.25) is 15.9 Å². The molecule has 0 radical (unpaired) electrons. The van der Waals surface area contributed by atoms with Crippen molar-refractivity contribution in [3.63, 3.8) is 0 Å². The molecule has 1 aromatic heterocycles. The van der Waals surface area contributed by atoms with Crippen LogP contribution in [0.25, 0.3) is 0 Å². The van der Waals surface area contributed by atoms with Gasteiger partial charge in [-0.2, -0.15) is 4.31 Å². The van der Waals surface area contributed by atoms with Crippen LogP contribution in [-0.4, -0.2) is 64.5 Å². The van der Waals surface area contributed by atoms with Crippen LogP contribution in [0.1, 0.15) is 17.0 Å². The first-order chi connectivity index (χ1) is 14.4. The van der Waals surface area contributed by atoms with Gasteiger partial charge in [0.1, 0.15) is 10.6 Å². The lowest BCUT2D eigenvalue weighted by molar-refractivity contribution is -0.116. The van der Waals surface area contributed by atoms with Crippen molar-refractivity contribution in [3.05, 3.63) is 42.4 Å². The lowest BCUT2D eigenvalue weighted by Crippen LogP contribution is -2.40. The van der Waals surface area contributed by atoms with E-state index in [2.05, 4.69) is 10.6 Å². The summed E-state index contributed by atoms with van der Waals surface area (Å²) in [5.41, 5.74) is 0.310. The molecule has 1 saturated heterocycles. The maximum absolute atomic E-state index is 13.0. The molecule has 162 valence electrons. The predicted molar refractivity (Wildman–Crippen MR) is 107 cm³/mol. The zero-order chi connectivity index (χ0) is 21.6. The number of furan rings is 1. The summed E-state index contributed by atoms with van der Waals surface area (Å²) in [7, 11) is -2.42. The normalized spacial score (nSPS) is 14.8. The molecule has 2 N–H and O–H groups in total. The number of ether oxygens (including phenoxy) is 2. The first-order valence-electron chi connectivity index (χ1n) is 9.29. The molecule has 2 amide bonds. The van der Waals surface area contributed by atoms with E-state index >= 15 is 0 Å². The molecule has 11 heteroatoms. The highest BCUT2D eigenvalue weighted by Gasteiger charge is 2.29. The number of nitrogens with zero attached hydrogens (tertiary/aromatic N) is 1. The van der Waals surface area contributed by atoms with Crippen LogP contribution in [0.3, 0.4) is 0 Å². The second kappa shape index (κ2) is 9.74. The molecule has 0 unspecified atom stereocenters. The minimum Gasteiger partial charge on any atom is -0.495 e. The number of hydrogen-bond donors (Lipinski definition) is 2. The van der Waals surface area contributed by atoms with Crippen molar-refractivity contribution in [2.75, 3.05) is 45.3 Å². The van der Waals surface area contributed by atoms with Crippen molar-refractivity contribution >= 4 is 27.5 Å². The van der Waals surface area contributed by atoms with Crippen LogP contribution in [0.15, 0.2) is 45.9 Å². The molecule has 1 aliphatic heterocycles. The van der Waals surface area contributed by atoms with Crippen molar-refractivity contribution in [1.82, 2.24) is 9.62 Å². The number of anilines is 1. The Bertz CT molecular complexity index is 984. The Labute approximate surface area is 174 Å². The first kappa shape index (κ1) is 21.8. The Kier molecular flexibility index (Phi) is 7.08. The van der Waals surface area contributed by atoms with Crippen LogP contribution in [0.4, 0.5) is 5.69 Å². The third kappa shape index (κ3) is 5.17. The summed E-state index contributed by atoms with van der Waals surface area (Å²) in [4.78, 5) is 24.0. The van der Waals surface area contributed by atoms with Crippen LogP contribution in [0.2, 0.25) is 0 Å². The average molecular weight is 437 g/mol. The van der Waals surface area contributed by atoms with E-state index in [0.29, 0.717) is 18.9 Å². The predicted octanol–water partition coefficient (Wildman–Crippen LogP) is 1.07. The number of carbonyl (C=O) groups is 2. The van der Waals surface area contributed by atoms with E-state index in [9.17, 15) is 18.0 Å². The lowest BCUT2D eigenvalue weighted by atomic mass is 10.3. The van der Waals surface area contributed by atoms with Gasteiger partial charge in [-0.05, 0) is 30.3 Å². The molecule has 10 nitrogen and oxygen atoms in total. The van der Waals surface area contributed by atoms with Gasteiger partial charge >= 0.3 is 0 Å². The zero-order valence-electron chi connectivity index (χ0n) is 16.4.